The van der Waals surface area contributed by atoms with E-state index in [1.54, 1.807) is 6.20 Å². The minimum absolute atomic E-state index is 0.127. The summed E-state index contributed by atoms with van der Waals surface area (Å²) in [7, 11) is 0. The van der Waals surface area contributed by atoms with E-state index in [9.17, 15) is 10.1 Å². The van der Waals surface area contributed by atoms with E-state index in [2.05, 4.69) is 5.10 Å². The Kier molecular flexibility index (Phi) is 3.30. The summed E-state index contributed by atoms with van der Waals surface area (Å²) in [6.45, 7) is 0.517. The van der Waals surface area contributed by atoms with Gasteiger partial charge in [-0.2, -0.15) is 4.68 Å². The normalized spacial score (nSPS) is 10.8. The van der Waals surface area contributed by atoms with Crippen molar-refractivity contribution in [3.05, 3.63) is 64.3 Å². The molecule has 0 bridgehead atoms. The van der Waals surface area contributed by atoms with E-state index in [1.165, 1.54) is 10.7 Å². The van der Waals surface area contributed by atoms with E-state index >= 15 is 0 Å². The summed E-state index contributed by atoms with van der Waals surface area (Å²) in [6, 6.07) is 11.2. The molecule has 0 saturated heterocycles. The molecule has 0 radical (unpaired) electrons. The van der Waals surface area contributed by atoms with Gasteiger partial charge in [0.05, 0.1) is 23.9 Å². The van der Waals surface area contributed by atoms with E-state index in [4.69, 9.17) is 0 Å². The molecule has 1 heterocycles. The molecule has 2 aromatic rings. The quantitative estimate of drug-likeness (QED) is 0.597. The molecule has 17 heavy (non-hydrogen) atoms. The molecule has 1 aromatic carbocycles. The number of aromatic nitrogens is 2. The van der Waals surface area contributed by atoms with E-state index in [0.717, 1.165) is 5.56 Å². The molecule has 2 rings (SSSR count). The highest BCUT2D eigenvalue weighted by Crippen LogP contribution is 2.06. The Morgan fingerprint density at radius 1 is 1.29 bits per heavy atom. The Labute approximate surface area is 98.2 Å². The zero-order valence-corrected chi connectivity index (χ0v) is 9.06. The Morgan fingerprint density at radius 3 is 2.71 bits per heavy atom. The van der Waals surface area contributed by atoms with Crippen LogP contribution in [0.25, 0.3) is 6.08 Å². The third-order valence-corrected chi connectivity index (χ3v) is 2.22. The number of benzene rings is 1. The maximum absolute atomic E-state index is 10.4. The van der Waals surface area contributed by atoms with Crippen molar-refractivity contribution in [2.45, 2.75) is 6.54 Å². The van der Waals surface area contributed by atoms with Crippen LogP contribution in [-0.4, -0.2) is 14.7 Å². The fourth-order valence-electron chi connectivity index (χ4n) is 1.41. The zero-order valence-electron chi connectivity index (χ0n) is 9.06. The predicted octanol–water partition coefficient (Wildman–Crippen LogP) is 2.50. The van der Waals surface area contributed by atoms with Gasteiger partial charge in [0.1, 0.15) is 0 Å². The minimum atomic E-state index is -0.503. The molecule has 0 aliphatic heterocycles. The van der Waals surface area contributed by atoms with Gasteiger partial charge < -0.3 is 10.1 Å². The van der Waals surface area contributed by atoms with Crippen LogP contribution in [0.3, 0.4) is 0 Å². The zero-order chi connectivity index (χ0) is 12.1. The third kappa shape index (κ3) is 3.01. The van der Waals surface area contributed by atoms with Crippen molar-refractivity contribution >= 4 is 11.9 Å². The lowest BCUT2D eigenvalue weighted by Gasteiger charge is -1.91. The fraction of sp³-hybridized carbons (Fsp3) is 0.0833. The average molecular weight is 229 g/mol. The van der Waals surface area contributed by atoms with Gasteiger partial charge in [0.15, 0.2) is 0 Å². The highest BCUT2D eigenvalue weighted by Gasteiger charge is 2.08. The predicted molar refractivity (Wildman–Crippen MR) is 64.4 cm³/mol. The standard InChI is InChI=1S/C12H11N3O2/c16-15(17)12-8-10-14(13-12)9-4-7-11-5-2-1-3-6-11/h1-8,10H,9H2. The maximum Gasteiger partial charge on any atom is 0.389 e. The van der Waals surface area contributed by atoms with Crippen molar-refractivity contribution in [2.24, 2.45) is 0 Å². The van der Waals surface area contributed by atoms with E-state index in [-0.39, 0.29) is 5.82 Å². The maximum atomic E-state index is 10.4. The van der Waals surface area contributed by atoms with Crippen LogP contribution in [0.1, 0.15) is 5.56 Å². The van der Waals surface area contributed by atoms with E-state index < -0.39 is 4.92 Å². The molecule has 1 aromatic heterocycles. The first-order valence-corrected chi connectivity index (χ1v) is 5.15. The molecular weight excluding hydrogens is 218 g/mol. The Bertz CT molecular complexity index is 532. The largest absolute Gasteiger partial charge is 0.389 e. The highest BCUT2D eigenvalue weighted by molar-refractivity contribution is 5.48. The van der Waals surface area contributed by atoms with E-state index in [1.807, 2.05) is 42.5 Å². The first-order chi connectivity index (χ1) is 8.25. The average Bonchev–Trinajstić information content (AvgIpc) is 2.79. The number of nitrogens with zero attached hydrogens (tertiary/aromatic N) is 3. The molecule has 0 N–H and O–H groups in total. The topological polar surface area (TPSA) is 61.0 Å². The van der Waals surface area contributed by atoms with Gasteiger partial charge in [-0.15, -0.1) is 0 Å². The van der Waals surface area contributed by atoms with Crippen LogP contribution < -0.4 is 0 Å². The van der Waals surface area contributed by atoms with Gasteiger partial charge in [-0.3, -0.25) is 0 Å². The molecule has 0 amide bonds. The first-order valence-electron chi connectivity index (χ1n) is 5.15. The monoisotopic (exact) mass is 229 g/mol. The van der Waals surface area contributed by atoms with Crippen molar-refractivity contribution < 1.29 is 4.92 Å². The van der Waals surface area contributed by atoms with E-state index in [0.29, 0.717) is 6.54 Å². The van der Waals surface area contributed by atoms with Crippen LogP contribution in [0.15, 0.2) is 48.7 Å². The molecule has 0 aliphatic carbocycles. The summed E-state index contributed by atoms with van der Waals surface area (Å²) in [6.07, 6.45) is 5.45. The summed E-state index contributed by atoms with van der Waals surface area (Å²) in [4.78, 5) is 9.92. The second kappa shape index (κ2) is 5.07. The number of allylic oxidation sites excluding steroid dienone is 1. The molecule has 0 aliphatic rings. The Hall–Kier alpha value is -2.43. The van der Waals surface area contributed by atoms with Gasteiger partial charge in [0.2, 0.25) is 0 Å². The summed E-state index contributed by atoms with van der Waals surface area (Å²) < 4.78 is 1.53. The molecule has 5 heteroatoms. The molecule has 0 saturated carbocycles. The number of nitro groups is 1. The molecule has 0 fully saturated rings. The van der Waals surface area contributed by atoms with Crippen LogP contribution >= 0.6 is 0 Å². The lowest BCUT2D eigenvalue weighted by Crippen LogP contribution is -1.97. The second-order valence-electron chi connectivity index (χ2n) is 3.47. The van der Waals surface area contributed by atoms with Gasteiger partial charge in [0, 0.05) is 0 Å². The SMILES string of the molecule is O=[N+]([O-])c1ccn(CC=Cc2ccccc2)n1. The van der Waals surface area contributed by atoms with Crippen molar-refractivity contribution in [3.63, 3.8) is 0 Å². The highest BCUT2D eigenvalue weighted by atomic mass is 16.6. The Balaban J connectivity index is 1.98. The summed E-state index contributed by atoms with van der Waals surface area (Å²) in [5.74, 6) is -0.127. The van der Waals surface area contributed by atoms with Crippen molar-refractivity contribution in [1.82, 2.24) is 9.78 Å². The fourth-order valence-corrected chi connectivity index (χ4v) is 1.41. The van der Waals surface area contributed by atoms with Crippen LogP contribution in [-0.2, 0) is 6.54 Å². The van der Waals surface area contributed by atoms with Gasteiger partial charge in [-0.05, 0) is 10.5 Å². The van der Waals surface area contributed by atoms with Gasteiger partial charge in [0.25, 0.3) is 0 Å². The van der Waals surface area contributed by atoms with Crippen molar-refractivity contribution in [3.8, 4) is 0 Å². The molecular formula is C12H11N3O2. The number of hydrogen-bond donors (Lipinski definition) is 0. The van der Waals surface area contributed by atoms with Gasteiger partial charge in [-0.1, -0.05) is 42.5 Å². The molecule has 86 valence electrons. The van der Waals surface area contributed by atoms with Crippen LogP contribution in [0.2, 0.25) is 0 Å². The van der Waals surface area contributed by atoms with Crippen molar-refractivity contribution in [2.75, 3.05) is 0 Å². The number of rotatable bonds is 4. The third-order valence-electron chi connectivity index (χ3n) is 2.22. The summed E-state index contributed by atoms with van der Waals surface area (Å²) in [5, 5.41) is 14.2. The molecule has 0 unspecified atom stereocenters. The smallest absolute Gasteiger partial charge is 0.358 e. The number of hydrogen-bond acceptors (Lipinski definition) is 3. The van der Waals surface area contributed by atoms with Gasteiger partial charge in [-0.25, -0.2) is 0 Å². The summed E-state index contributed by atoms with van der Waals surface area (Å²) >= 11 is 0. The van der Waals surface area contributed by atoms with Crippen molar-refractivity contribution in [1.29, 1.82) is 0 Å². The van der Waals surface area contributed by atoms with Crippen LogP contribution in [0.5, 0.6) is 0 Å². The first kappa shape index (κ1) is 11.1. The minimum Gasteiger partial charge on any atom is -0.358 e. The second-order valence-corrected chi connectivity index (χ2v) is 3.47. The lowest BCUT2D eigenvalue weighted by atomic mass is 10.2. The van der Waals surface area contributed by atoms with Crippen LogP contribution in [0.4, 0.5) is 5.82 Å². The lowest BCUT2D eigenvalue weighted by molar-refractivity contribution is -0.389. The summed E-state index contributed by atoms with van der Waals surface area (Å²) in [5.41, 5.74) is 1.09. The van der Waals surface area contributed by atoms with Crippen LogP contribution in [0, 0.1) is 10.1 Å². The molecule has 0 atom stereocenters. The Morgan fingerprint density at radius 2 is 2.06 bits per heavy atom. The van der Waals surface area contributed by atoms with Gasteiger partial charge >= 0.3 is 5.82 Å². The molecule has 0 spiro atoms. The molecule has 5 nitrogen and oxygen atoms in total.